The zero-order valence-corrected chi connectivity index (χ0v) is 17.4. The first kappa shape index (κ1) is 21.4. The van der Waals surface area contributed by atoms with Gasteiger partial charge < -0.3 is 24.8 Å². The van der Waals surface area contributed by atoms with Gasteiger partial charge in [0.2, 0.25) is 0 Å². The van der Waals surface area contributed by atoms with Crippen LogP contribution in [0.15, 0.2) is 17.0 Å². The fourth-order valence-corrected chi connectivity index (χ4v) is 4.01. The van der Waals surface area contributed by atoms with Crippen LogP contribution in [0.4, 0.5) is 0 Å². The van der Waals surface area contributed by atoms with Crippen molar-refractivity contribution in [2.75, 3.05) is 46.2 Å². The van der Waals surface area contributed by atoms with E-state index in [0.717, 1.165) is 42.9 Å². The molecule has 0 bridgehead atoms. The Morgan fingerprint density at radius 3 is 2.56 bits per heavy atom. The zero-order chi connectivity index (χ0) is 19.8. The van der Waals surface area contributed by atoms with Gasteiger partial charge in [-0.05, 0) is 37.2 Å². The summed E-state index contributed by atoms with van der Waals surface area (Å²) in [5, 5.41) is 23.4. The van der Waals surface area contributed by atoms with E-state index in [4.69, 9.17) is 9.47 Å². The van der Waals surface area contributed by atoms with E-state index in [2.05, 4.69) is 30.1 Å². The van der Waals surface area contributed by atoms with Crippen molar-refractivity contribution in [3.05, 3.63) is 28.2 Å². The number of nitrogens with zero attached hydrogens (tertiary/aromatic N) is 2. The molecule has 1 heterocycles. The normalized spacial score (nSPS) is 16.2. The lowest BCUT2D eigenvalue weighted by atomic mass is 9.97. The van der Waals surface area contributed by atoms with Crippen LogP contribution in [-0.2, 0) is 6.42 Å². The van der Waals surface area contributed by atoms with Gasteiger partial charge in [-0.15, -0.1) is 11.8 Å². The summed E-state index contributed by atoms with van der Waals surface area (Å²) < 4.78 is 10.8. The highest BCUT2D eigenvalue weighted by Gasteiger charge is 2.22. The first-order valence-electron chi connectivity index (χ1n) is 9.24. The summed E-state index contributed by atoms with van der Waals surface area (Å²) >= 11 is 1.39. The third-order valence-corrected chi connectivity index (χ3v) is 5.82. The number of nitriles is 1. The SMILES string of the molecule is CCN(CC)CC(O)CSC(C#N)=C1NCCc2cc(OC)c(OC)cc21. The predicted octanol–water partition coefficient (Wildman–Crippen LogP) is 2.48. The van der Waals surface area contributed by atoms with Crippen molar-refractivity contribution in [3.63, 3.8) is 0 Å². The Bertz CT molecular complexity index is 711. The van der Waals surface area contributed by atoms with E-state index in [0.29, 0.717) is 28.7 Å². The van der Waals surface area contributed by atoms with E-state index in [1.165, 1.54) is 11.8 Å². The van der Waals surface area contributed by atoms with E-state index in [1.807, 2.05) is 12.1 Å². The number of hydrogen-bond donors (Lipinski definition) is 2. The summed E-state index contributed by atoms with van der Waals surface area (Å²) in [6.07, 6.45) is 0.375. The molecule has 0 fully saturated rings. The molecule has 2 rings (SSSR count). The van der Waals surface area contributed by atoms with Gasteiger partial charge in [-0.1, -0.05) is 13.8 Å². The molecule has 1 unspecified atom stereocenters. The van der Waals surface area contributed by atoms with Crippen molar-refractivity contribution in [1.82, 2.24) is 10.2 Å². The van der Waals surface area contributed by atoms with E-state index in [-0.39, 0.29) is 0 Å². The van der Waals surface area contributed by atoms with Crippen molar-refractivity contribution in [2.45, 2.75) is 26.4 Å². The fourth-order valence-electron chi connectivity index (χ4n) is 3.15. The van der Waals surface area contributed by atoms with Gasteiger partial charge in [0.05, 0.1) is 26.0 Å². The Morgan fingerprint density at radius 2 is 1.96 bits per heavy atom. The Kier molecular flexibility index (Phi) is 8.29. The molecule has 1 aliphatic rings. The van der Waals surface area contributed by atoms with E-state index >= 15 is 0 Å². The van der Waals surface area contributed by atoms with E-state index in [9.17, 15) is 10.4 Å². The maximum Gasteiger partial charge on any atom is 0.161 e. The quantitative estimate of drug-likeness (QED) is 0.626. The van der Waals surface area contributed by atoms with Gasteiger partial charge in [-0.3, -0.25) is 0 Å². The van der Waals surface area contributed by atoms with Gasteiger partial charge in [0.15, 0.2) is 11.5 Å². The number of rotatable bonds is 9. The summed E-state index contributed by atoms with van der Waals surface area (Å²) in [5.74, 6) is 1.81. The highest BCUT2D eigenvalue weighted by Crippen LogP contribution is 2.37. The average Bonchev–Trinajstić information content (AvgIpc) is 2.71. The first-order valence-corrected chi connectivity index (χ1v) is 10.2. The Labute approximate surface area is 166 Å². The van der Waals surface area contributed by atoms with Crippen LogP contribution in [0, 0.1) is 11.3 Å². The van der Waals surface area contributed by atoms with Gasteiger partial charge in [0, 0.05) is 24.4 Å². The minimum atomic E-state index is -0.479. The number of fused-ring (bicyclic) bond motifs is 1. The molecule has 1 aromatic carbocycles. The lowest BCUT2D eigenvalue weighted by Gasteiger charge is -2.25. The molecule has 0 amide bonds. The van der Waals surface area contributed by atoms with Crippen molar-refractivity contribution in [3.8, 4) is 17.6 Å². The minimum absolute atomic E-state index is 0.479. The molecule has 1 atom stereocenters. The van der Waals surface area contributed by atoms with Crippen molar-refractivity contribution < 1.29 is 14.6 Å². The number of benzene rings is 1. The lowest BCUT2D eigenvalue weighted by molar-refractivity contribution is 0.137. The highest BCUT2D eigenvalue weighted by molar-refractivity contribution is 8.03. The number of hydrogen-bond acceptors (Lipinski definition) is 7. The van der Waals surface area contributed by atoms with Crippen LogP contribution >= 0.6 is 11.8 Å². The van der Waals surface area contributed by atoms with Crippen LogP contribution in [0.2, 0.25) is 0 Å². The number of ether oxygens (including phenoxy) is 2. The number of aliphatic hydroxyl groups is 1. The number of likely N-dealkylation sites (N-methyl/N-ethyl adjacent to an activating group) is 1. The molecule has 148 valence electrons. The van der Waals surface area contributed by atoms with E-state index < -0.39 is 6.10 Å². The molecule has 0 saturated carbocycles. The second-order valence-electron chi connectivity index (χ2n) is 6.31. The molecule has 0 aliphatic carbocycles. The molecule has 1 aliphatic heterocycles. The van der Waals surface area contributed by atoms with E-state index in [1.54, 1.807) is 14.2 Å². The molecule has 0 aromatic heterocycles. The molecule has 6 nitrogen and oxygen atoms in total. The third-order valence-electron chi connectivity index (χ3n) is 4.69. The highest BCUT2D eigenvalue weighted by atomic mass is 32.2. The predicted molar refractivity (Wildman–Crippen MR) is 110 cm³/mol. The maximum absolute atomic E-state index is 10.3. The molecular weight excluding hydrogens is 362 g/mol. The Morgan fingerprint density at radius 1 is 1.30 bits per heavy atom. The standard InChI is InChI=1S/C20H29N3O3S/c1-5-23(6-2)12-15(24)13-27-19(11-21)20-16-10-18(26-4)17(25-3)9-14(16)7-8-22-20/h9-10,15,22,24H,5-8,12-13H2,1-4H3. The molecule has 0 spiro atoms. The number of methoxy groups -OCH3 is 2. The monoisotopic (exact) mass is 391 g/mol. The topological polar surface area (TPSA) is 77.8 Å². The Hall–Kier alpha value is -1.88. The maximum atomic E-state index is 10.3. The van der Waals surface area contributed by atoms with Crippen LogP contribution in [0.25, 0.3) is 5.70 Å². The number of aliphatic hydroxyl groups excluding tert-OH is 1. The lowest BCUT2D eigenvalue weighted by Crippen LogP contribution is -2.33. The van der Waals surface area contributed by atoms with Crippen LogP contribution in [0.3, 0.4) is 0 Å². The summed E-state index contributed by atoms with van der Waals surface area (Å²) in [7, 11) is 3.23. The number of thioether (sulfide) groups is 1. The van der Waals surface area contributed by atoms with Gasteiger partial charge in [0.1, 0.15) is 11.0 Å². The van der Waals surface area contributed by atoms with Crippen LogP contribution in [0.1, 0.15) is 25.0 Å². The van der Waals surface area contributed by atoms with Crippen LogP contribution in [0.5, 0.6) is 11.5 Å². The largest absolute Gasteiger partial charge is 0.493 e. The second kappa shape index (κ2) is 10.5. The molecule has 27 heavy (non-hydrogen) atoms. The first-order chi connectivity index (χ1) is 13.1. The summed E-state index contributed by atoms with van der Waals surface area (Å²) in [6, 6.07) is 6.19. The second-order valence-corrected chi connectivity index (χ2v) is 7.34. The van der Waals surface area contributed by atoms with Crippen molar-refractivity contribution in [1.29, 1.82) is 5.26 Å². The van der Waals surface area contributed by atoms with Crippen LogP contribution in [-0.4, -0.2) is 62.3 Å². The minimum Gasteiger partial charge on any atom is -0.493 e. The van der Waals surface area contributed by atoms with Gasteiger partial charge in [0.25, 0.3) is 0 Å². The third kappa shape index (κ3) is 5.32. The smallest absolute Gasteiger partial charge is 0.161 e. The molecule has 0 radical (unpaired) electrons. The number of allylic oxidation sites excluding steroid dienone is 1. The number of nitrogens with one attached hydrogen (secondary N) is 1. The molecule has 2 N–H and O–H groups in total. The summed E-state index contributed by atoms with van der Waals surface area (Å²) in [6.45, 7) is 7.34. The molecule has 0 saturated heterocycles. The van der Waals surface area contributed by atoms with Gasteiger partial charge >= 0.3 is 0 Å². The fraction of sp³-hybridized carbons (Fsp3) is 0.550. The zero-order valence-electron chi connectivity index (χ0n) is 16.5. The van der Waals surface area contributed by atoms with Crippen LogP contribution < -0.4 is 14.8 Å². The van der Waals surface area contributed by atoms with Crippen molar-refractivity contribution in [2.24, 2.45) is 0 Å². The van der Waals surface area contributed by atoms with Crippen molar-refractivity contribution >= 4 is 17.5 Å². The van der Waals surface area contributed by atoms with Gasteiger partial charge in [-0.2, -0.15) is 5.26 Å². The Balaban J connectivity index is 2.24. The molecule has 1 aromatic rings. The summed E-state index contributed by atoms with van der Waals surface area (Å²) in [5.41, 5.74) is 2.89. The summed E-state index contributed by atoms with van der Waals surface area (Å²) in [4.78, 5) is 2.76. The molecular formula is C20H29N3O3S. The van der Waals surface area contributed by atoms with Gasteiger partial charge in [-0.25, -0.2) is 0 Å². The molecule has 7 heteroatoms. The average molecular weight is 392 g/mol.